The van der Waals surface area contributed by atoms with Crippen LogP contribution in [0, 0.1) is 29.0 Å². The fraction of sp³-hybridized carbons (Fsp3) is 0.429. The van der Waals surface area contributed by atoms with Crippen LogP contribution in [-0.2, 0) is 0 Å². The number of hydrogen-bond donors (Lipinski definition) is 0. The molecule has 0 bridgehead atoms. The van der Waals surface area contributed by atoms with Crippen LogP contribution in [0.5, 0.6) is 11.5 Å². The first-order valence-electron chi connectivity index (χ1n) is 11.9. The Hall–Kier alpha value is -3.13. The van der Waals surface area contributed by atoms with Crippen molar-refractivity contribution in [3.05, 3.63) is 71.6 Å². The molecule has 1 aliphatic carbocycles. The second kappa shape index (κ2) is 12.8. The topological polar surface area (TPSA) is 59.3 Å². The van der Waals surface area contributed by atoms with Crippen LogP contribution in [0.15, 0.2) is 54.6 Å². The van der Waals surface area contributed by atoms with E-state index in [1.165, 1.54) is 63.5 Å². The maximum atomic E-state index is 13.7. The average Bonchev–Trinajstić information content (AvgIpc) is 2.83. The van der Waals surface area contributed by atoms with Gasteiger partial charge in [0, 0.05) is 6.07 Å². The van der Waals surface area contributed by atoms with Gasteiger partial charge in [0.05, 0.1) is 11.1 Å². The highest BCUT2D eigenvalue weighted by Gasteiger charge is 2.18. The number of nitriles is 1. The van der Waals surface area contributed by atoms with Crippen LogP contribution in [-0.4, -0.2) is 12.6 Å². The lowest BCUT2D eigenvalue weighted by molar-refractivity contribution is 0.0734. The van der Waals surface area contributed by atoms with Gasteiger partial charge in [-0.1, -0.05) is 44.8 Å². The van der Waals surface area contributed by atoms with Crippen LogP contribution in [0.4, 0.5) is 4.39 Å². The van der Waals surface area contributed by atoms with Crippen molar-refractivity contribution in [2.75, 3.05) is 6.61 Å². The lowest BCUT2D eigenvalue weighted by Gasteiger charge is -2.26. The molecule has 5 heteroatoms. The first-order valence-corrected chi connectivity index (χ1v) is 11.9. The number of halogens is 1. The first kappa shape index (κ1) is 24.5. The SMILES string of the molecule is CCCCC[C@H]1CC[C@H](/C=C/COc2ccc(C(=O)Oc3ccc(C#N)c(F)c3)cc2)CC1. The summed E-state index contributed by atoms with van der Waals surface area (Å²) < 4.78 is 24.6. The van der Waals surface area contributed by atoms with Crippen molar-refractivity contribution in [2.24, 2.45) is 11.8 Å². The Bertz CT molecular complexity index is 970. The molecule has 0 aliphatic heterocycles. The molecule has 33 heavy (non-hydrogen) atoms. The van der Waals surface area contributed by atoms with Gasteiger partial charge in [0.25, 0.3) is 0 Å². The molecule has 1 fully saturated rings. The lowest BCUT2D eigenvalue weighted by atomic mass is 9.79. The van der Waals surface area contributed by atoms with Gasteiger partial charge in [-0.25, -0.2) is 9.18 Å². The highest BCUT2D eigenvalue weighted by atomic mass is 19.1. The maximum Gasteiger partial charge on any atom is 0.343 e. The van der Waals surface area contributed by atoms with Crippen molar-refractivity contribution in [1.82, 2.24) is 0 Å². The van der Waals surface area contributed by atoms with E-state index < -0.39 is 11.8 Å². The summed E-state index contributed by atoms with van der Waals surface area (Å²) in [5, 5.41) is 8.77. The van der Waals surface area contributed by atoms with Gasteiger partial charge in [-0.2, -0.15) is 5.26 Å². The molecule has 3 rings (SSSR count). The predicted molar refractivity (Wildman–Crippen MR) is 127 cm³/mol. The minimum Gasteiger partial charge on any atom is -0.490 e. The number of carbonyl (C=O) groups is 1. The number of carbonyl (C=O) groups excluding carboxylic acids is 1. The van der Waals surface area contributed by atoms with Crippen LogP contribution in [0.1, 0.15) is 74.2 Å². The van der Waals surface area contributed by atoms with E-state index >= 15 is 0 Å². The van der Waals surface area contributed by atoms with E-state index in [4.69, 9.17) is 14.7 Å². The molecule has 2 aromatic carbocycles. The molecule has 4 nitrogen and oxygen atoms in total. The molecule has 0 amide bonds. The second-order valence-electron chi connectivity index (χ2n) is 8.68. The molecule has 0 N–H and O–H groups in total. The molecule has 174 valence electrons. The van der Waals surface area contributed by atoms with Gasteiger partial charge in [0.1, 0.15) is 30.0 Å². The molecular weight excluding hydrogens is 417 g/mol. The molecule has 0 atom stereocenters. The van der Waals surface area contributed by atoms with Crippen molar-refractivity contribution in [3.8, 4) is 17.6 Å². The molecule has 1 aliphatic rings. The molecule has 0 unspecified atom stereocenters. The van der Waals surface area contributed by atoms with Gasteiger partial charge in [-0.15, -0.1) is 0 Å². The van der Waals surface area contributed by atoms with E-state index in [1.54, 1.807) is 30.3 Å². The lowest BCUT2D eigenvalue weighted by Crippen LogP contribution is -2.13. The Morgan fingerprint density at radius 2 is 1.82 bits per heavy atom. The smallest absolute Gasteiger partial charge is 0.343 e. The zero-order valence-electron chi connectivity index (χ0n) is 19.3. The van der Waals surface area contributed by atoms with Crippen molar-refractivity contribution in [2.45, 2.75) is 58.3 Å². The summed E-state index contributed by atoms with van der Waals surface area (Å²) in [7, 11) is 0. The normalized spacial score (nSPS) is 18.1. The number of ether oxygens (including phenoxy) is 2. The van der Waals surface area contributed by atoms with Crippen LogP contribution >= 0.6 is 0 Å². The minimum atomic E-state index is -0.723. The van der Waals surface area contributed by atoms with Crippen LogP contribution < -0.4 is 9.47 Å². The van der Waals surface area contributed by atoms with E-state index in [0.29, 0.717) is 23.8 Å². The average molecular weight is 450 g/mol. The third kappa shape index (κ3) is 7.75. The Labute approximate surface area is 196 Å². The quantitative estimate of drug-likeness (QED) is 0.166. The monoisotopic (exact) mass is 449 g/mol. The Balaban J connectivity index is 1.39. The van der Waals surface area contributed by atoms with Gasteiger partial charge in [-0.05, 0) is 73.9 Å². The zero-order valence-corrected chi connectivity index (χ0v) is 19.3. The number of rotatable bonds is 10. The summed E-state index contributed by atoms with van der Waals surface area (Å²) in [4.78, 5) is 12.3. The molecule has 0 radical (unpaired) electrons. The number of unbranched alkanes of at least 4 members (excludes halogenated alkanes) is 2. The number of allylic oxidation sites excluding steroid dienone is 1. The summed E-state index contributed by atoms with van der Waals surface area (Å²) in [5.41, 5.74) is 0.235. The van der Waals surface area contributed by atoms with Gasteiger partial charge in [-0.3, -0.25) is 0 Å². The highest BCUT2D eigenvalue weighted by Crippen LogP contribution is 2.32. The van der Waals surface area contributed by atoms with Crippen LogP contribution in [0.25, 0.3) is 0 Å². The van der Waals surface area contributed by atoms with Crippen LogP contribution in [0.3, 0.4) is 0 Å². The number of hydrogen-bond acceptors (Lipinski definition) is 4. The Morgan fingerprint density at radius 1 is 1.09 bits per heavy atom. The van der Waals surface area contributed by atoms with E-state index in [2.05, 4.69) is 19.1 Å². The van der Waals surface area contributed by atoms with Gasteiger partial charge < -0.3 is 9.47 Å². The van der Waals surface area contributed by atoms with Crippen LogP contribution in [0.2, 0.25) is 0 Å². The van der Waals surface area contributed by atoms with Crippen molar-refractivity contribution < 1.29 is 18.7 Å². The standard InChI is InChI=1S/C28H32FNO3/c1-2-3-4-6-21-8-10-22(11-9-21)7-5-18-32-25-15-12-23(13-16-25)28(31)33-26-17-14-24(20-30)27(29)19-26/h5,7,12-17,19,21-22H,2-4,6,8-11,18H2,1H3/b7-5+/t21-,22-. The summed E-state index contributed by atoms with van der Waals surface area (Å²) in [5.74, 6) is 0.964. The minimum absolute atomic E-state index is 0.0527. The van der Waals surface area contributed by atoms with Crippen molar-refractivity contribution >= 4 is 5.97 Å². The molecule has 0 heterocycles. The van der Waals surface area contributed by atoms with Gasteiger partial charge in [0.15, 0.2) is 0 Å². The summed E-state index contributed by atoms with van der Waals surface area (Å²) in [6.45, 7) is 2.75. The fourth-order valence-electron chi connectivity index (χ4n) is 4.25. The molecule has 1 saturated carbocycles. The van der Waals surface area contributed by atoms with Crippen molar-refractivity contribution in [1.29, 1.82) is 5.26 Å². The van der Waals surface area contributed by atoms with E-state index in [-0.39, 0.29) is 11.3 Å². The van der Waals surface area contributed by atoms with E-state index in [0.717, 1.165) is 12.0 Å². The number of benzene rings is 2. The highest BCUT2D eigenvalue weighted by molar-refractivity contribution is 5.91. The molecule has 0 aromatic heterocycles. The van der Waals surface area contributed by atoms with Gasteiger partial charge >= 0.3 is 5.97 Å². The second-order valence-corrected chi connectivity index (χ2v) is 8.68. The Morgan fingerprint density at radius 3 is 2.48 bits per heavy atom. The third-order valence-electron chi connectivity index (χ3n) is 6.22. The van der Waals surface area contributed by atoms with Crippen molar-refractivity contribution in [3.63, 3.8) is 0 Å². The van der Waals surface area contributed by atoms with E-state index in [1.807, 2.05) is 0 Å². The third-order valence-corrected chi connectivity index (χ3v) is 6.22. The zero-order chi connectivity index (χ0) is 23.5. The molecule has 0 saturated heterocycles. The molecule has 2 aromatic rings. The number of nitrogens with zero attached hydrogens (tertiary/aromatic N) is 1. The summed E-state index contributed by atoms with van der Waals surface area (Å²) >= 11 is 0. The maximum absolute atomic E-state index is 13.7. The Kier molecular flexibility index (Phi) is 9.50. The first-order chi connectivity index (χ1) is 16.1. The predicted octanol–water partition coefficient (Wildman–Crippen LogP) is 7.24. The molecular formula is C28H32FNO3. The summed E-state index contributed by atoms with van der Waals surface area (Å²) in [6.07, 6.45) is 15.0. The summed E-state index contributed by atoms with van der Waals surface area (Å²) in [6, 6.07) is 12.1. The van der Waals surface area contributed by atoms with Gasteiger partial charge in [0.2, 0.25) is 0 Å². The number of esters is 1. The van der Waals surface area contributed by atoms with E-state index in [9.17, 15) is 9.18 Å². The largest absolute Gasteiger partial charge is 0.490 e. The fourth-order valence-corrected chi connectivity index (χ4v) is 4.25. The molecule has 0 spiro atoms.